The summed E-state index contributed by atoms with van der Waals surface area (Å²) in [5.74, 6) is 0. The molecule has 0 aliphatic rings. The highest BCUT2D eigenvalue weighted by atomic mass is 33.1. The second-order valence-corrected chi connectivity index (χ2v) is 5.67. The van der Waals surface area contributed by atoms with Crippen molar-refractivity contribution in [1.29, 1.82) is 0 Å². The molecular weight excluding hydrogens is 176 g/mol. The molecule has 0 saturated carbocycles. The topological polar surface area (TPSA) is 24.7 Å². The second kappa shape index (κ2) is 7.75. The fourth-order valence-corrected chi connectivity index (χ4v) is 1.04. The van der Waals surface area contributed by atoms with E-state index in [1.807, 2.05) is 5.49 Å². The Morgan fingerprint density at radius 3 is 2.55 bits per heavy atom. The van der Waals surface area contributed by atoms with Crippen LogP contribution < -0.4 is 0 Å². The summed E-state index contributed by atoms with van der Waals surface area (Å²) in [7, 11) is 2.01. The normalized spacial score (nSPS) is 14.7. The number of nitrogens with zero attached hydrogens (tertiary/aromatic N) is 2. The summed E-state index contributed by atoms with van der Waals surface area (Å²) < 4.78 is 0. The Hall–Kier alpha value is -0.350. The average Bonchev–Trinajstić information content (AvgIpc) is 2.04. The fraction of sp³-hybridized carbons (Fsp3) is 0.286. The molecule has 62 valence electrons. The Labute approximate surface area is 73.8 Å². The molecule has 0 aromatic carbocycles. The van der Waals surface area contributed by atoms with Crippen LogP contribution in [0.5, 0.6) is 0 Å². The standard InChI is InChI=1S/C7H12N2S2/c1-4-8-5-6-9-7-11(3)10-2/h4-7H,1H2,2-3H3. The molecule has 0 aliphatic carbocycles. The zero-order valence-corrected chi connectivity index (χ0v) is 8.36. The van der Waals surface area contributed by atoms with Crippen LogP contribution >= 0.6 is 20.3 Å². The average molecular weight is 188 g/mol. The van der Waals surface area contributed by atoms with E-state index in [0.29, 0.717) is 0 Å². The van der Waals surface area contributed by atoms with Crippen LogP contribution in [-0.2, 0) is 0 Å². The molecule has 1 unspecified atom stereocenters. The van der Waals surface area contributed by atoms with Gasteiger partial charge in [0.15, 0.2) is 0 Å². The summed E-state index contributed by atoms with van der Waals surface area (Å²) in [5, 5.41) is 0. The smallest absolute Gasteiger partial charge is 0.0598 e. The molecule has 11 heavy (non-hydrogen) atoms. The molecule has 0 N–H and O–H groups in total. The van der Waals surface area contributed by atoms with Gasteiger partial charge in [-0.25, -0.2) is 0 Å². The van der Waals surface area contributed by atoms with E-state index in [0.717, 1.165) is 0 Å². The summed E-state index contributed by atoms with van der Waals surface area (Å²) >= 11 is 0. The third-order valence-electron chi connectivity index (χ3n) is 0.816. The van der Waals surface area contributed by atoms with Gasteiger partial charge in [-0.2, -0.15) is 0 Å². The highest BCUT2D eigenvalue weighted by Gasteiger charge is 1.75. The molecule has 0 radical (unpaired) electrons. The molecule has 0 amide bonds. The van der Waals surface area contributed by atoms with Crippen molar-refractivity contribution in [3.8, 4) is 0 Å². The van der Waals surface area contributed by atoms with Gasteiger partial charge >= 0.3 is 0 Å². The first-order valence-corrected chi connectivity index (χ1v) is 6.43. The minimum Gasteiger partial charge on any atom is -0.264 e. The van der Waals surface area contributed by atoms with Crippen LogP contribution in [0, 0.1) is 0 Å². The van der Waals surface area contributed by atoms with E-state index in [9.17, 15) is 0 Å². The van der Waals surface area contributed by atoms with Crippen LogP contribution in [-0.4, -0.2) is 30.4 Å². The molecule has 2 nitrogen and oxygen atoms in total. The zero-order valence-electron chi connectivity index (χ0n) is 6.73. The molecule has 0 rings (SSSR count). The lowest BCUT2D eigenvalue weighted by Gasteiger charge is -1.89. The first-order chi connectivity index (χ1) is 5.31. The minimum absolute atomic E-state index is 0.224. The minimum atomic E-state index is 0.224. The number of rotatable bonds is 4. The SMILES string of the molecule is C=CN=CC=NC=S(C)SC. The Kier molecular flexibility index (Phi) is 7.51. The van der Waals surface area contributed by atoms with Gasteiger partial charge in [0.25, 0.3) is 0 Å². The predicted octanol–water partition coefficient (Wildman–Crippen LogP) is 2.21. The van der Waals surface area contributed by atoms with E-state index < -0.39 is 0 Å². The van der Waals surface area contributed by atoms with Gasteiger partial charge in [0.05, 0.1) is 5.49 Å². The van der Waals surface area contributed by atoms with Crippen molar-refractivity contribution < 1.29 is 0 Å². The van der Waals surface area contributed by atoms with Gasteiger partial charge in [0.1, 0.15) is 0 Å². The number of hydrogen-bond donors (Lipinski definition) is 0. The molecule has 0 bridgehead atoms. The number of aliphatic imine (C=N–C) groups is 2. The Balaban J connectivity index is 3.76. The van der Waals surface area contributed by atoms with E-state index in [1.54, 1.807) is 23.2 Å². The van der Waals surface area contributed by atoms with Gasteiger partial charge in [0, 0.05) is 18.6 Å². The van der Waals surface area contributed by atoms with Crippen molar-refractivity contribution in [1.82, 2.24) is 0 Å². The highest BCUT2D eigenvalue weighted by molar-refractivity contribution is 8.83. The van der Waals surface area contributed by atoms with E-state index in [4.69, 9.17) is 0 Å². The maximum atomic E-state index is 4.02. The van der Waals surface area contributed by atoms with Gasteiger partial charge in [0.2, 0.25) is 0 Å². The quantitative estimate of drug-likeness (QED) is 0.377. The zero-order chi connectivity index (χ0) is 8.53. The summed E-state index contributed by atoms with van der Waals surface area (Å²) in [6.07, 6.45) is 8.92. The lowest BCUT2D eigenvalue weighted by molar-refractivity contribution is 1.64. The van der Waals surface area contributed by atoms with Crippen molar-refractivity contribution in [2.24, 2.45) is 9.98 Å². The largest absolute Gasteiger partial charge is 0.264 e. The monoisotopic (exact) mass is 188 g/mol. The first kappa shape index (κ1) is 10.7. The maximum Gasteiger partial charge on any atom is 0.0598 e. The molecule has 0 aromatic heterocycles. The van der Waals surface area contributed by atoms with Crippen LogP contribution in [0.3, 0.4) is 0 Å². The molecule has 0 aromatic rings. The van der Waals surface area contributed by atoms with Crippen LogP contribution in [0.25, 0.3) is 0 Å². The van der Waals surface area contributed by atoms with Crippen molar-refractivity contribution in [2.45, 2.75) is 0 Å². The molecular formula is C7H12N2S2. The summed E-state index contributed by atoms with van der Waals surface area (Å²) in [4.78, 5) is 7.78. The summed E-state index contributed by atoms with van der Waals surface area (Å²) in [5.41, 5.74) is 1.90. The van der Waals surface area contributed by atoms with Crippen LogP contribution in [0.15, 0.2) is 22.8 Å². The highest BCUT2D eigenvalue weighted by Crippen LogP contribution is 2.20. The molecule has 4 heteroatoms. The van der Waals surface area contributed by atoms with E-state index >= 15 is 0 Å². The lowest BCUT2D eigenvalue weighted by atomic mass is 10.8. The van der Waals surface area contributed by atoms with Crippen molar-refractivity contribution in [3.63, 3.8) is 0 Å². The maximum absolute atomic E-state index is 4.02. The summed E-state index contributed by atoms with van der Waals surface area (Å²) in [6, 6.07) is 0. The predicted molar refractivity (Wildman–Crippen MR) is 60.3 cm³/mol. The molecule has 0 spiro atoms. The van der Waals surface area contributed by atoms with E-state index in [-0.39, 0.29) is 9.52 Å². The molecule has 0 saturated heterocycles. The van der Waals surface area contributed by atoms with E-state index in [1.165, 1.54) is 6.20 Å². The van der Waals surface area contributed by atoms with Gasteiger partial charge in [-0.05, 0) is 12.5 Å². The fourth-order valence-electron chi connectivity index (χ4n) is 0.302. The third kappa shape index (κ3) is 7.55. The Morgan fingerprint density at radius 2 is 2.00 bits per heavy atom. The lowest BCUT2D eigenvalue weighted by Crippen LogP contribution is -1.74. The first-order valence-electron chi connectivity index (χ1n) is 2.99. The Morgan fingerprint density at radius 1 is 1.36 bits per heavy atom. The van der Waals surface area contributed by atoms with Gasteiger partial charge in [-0.15, -0.1) is 20.3 Å². The molecule has 0 heterocycles. The Bertz CT molecular complexity index is 195. The molecule has 0 aliphatic heterocycles. The van der Waals surface area contributed by atoms with Crippen LogP contribution in [0.2, 0.25) is 0 Å². The van der Waals surface area contributed by atoms with Crippen molar-refractivity contribution in [2.75, 3.05) is 12.5 Å². The third-order valence-corrected chi connectivity index (χ3v) is 3.60. The molecule has 1 atom stereocenters. The second-order valence-electron chi connectivity index (χ2n) is 1.55. The molecule has 0 fully saturated rings. The van der Waals surface area contributed by atoms with Gasteiger partial charge in [-0.3, -0.25) is 9.98 Å². The van der Waals surface area contributed by atoms with Crippen molar-refractivity contribution in [3.05, 3.63) is 12.8 Å². The summed E-state index contributed by atoms with van der Waals surface area (Å²) in [6.45, 7) is 3.44. The van der Waals surface area contributed by atoms with Crippen LogP contribution in [0.4, 0.5) is 0 Å². The van der Waals surface area contributed by atoms with Gasteiger partial charge < -0.3 is 0 Å². The number of hydrogen-bond acceptors (Lipinski definition) is 2. The van der Waals surface area contributed by atoms with Crippen molar-refractivity contribution >= 4 is 38.2 Å². The van der Waals surface area contributed by atoms with Crippen LogP contribution in [0.1, 0.15) is 0 Å². The van der Waals surface area contributed by atoms with Gasteiger partial charge in [-0.1, -0.05) is 6.58 Å². The van der Waals surface area contributed by atoms with E-state index in [2.05, 4.69) is 29.1 Å².